The first-order valence-electron chi connectivity index (χ1n) is 9.67. The minimum atomic E-state index is -0.391. The number of benzene rings is 2. The summed E-state index contributed by atoms with van der Waals surface area (Å²) in [6.07, 6.45) is 5.91. The highest BCUT2D eigenvalue weighted by atomic mass is 16.7. The fourth-order valence-electron chi connectivity index (χ4n) is 3.64. The molecule has 0 amide bonds. The summed E-state index contributed by atoms with van der Waals surface area (Å²) in [6.45, 7) is 4.19. The van der Waals surface area contributed by atoms with Crippen LogP contribution in [0.4, 0.5) is 0 Å². The van der Waals surface area contributed by atoms with Crippen LogP contribution in [0.2, 0.25) is 0 Å². The Bertz CT molecular complexity index is 771. The Morgan fingerprint density at radius 2 is 1.38 bits per heavy atom. The van der Waals surface area contributed by atoms with Gasteiger partial charge in [0.25, 0.3) is 6.29 Å². The molecule has 3 nitrogen and oxygen atoms in total. The highest BCUT2D eigenvalue weighted by Crippen LogP contribution is 2.38. The largest absolute Gasteiger partial charge is 0.444 e. The first-order chi connectivity index (χ1) is 12.7. The van der Waals surface area contributed by atoms with Gasteiger partial charge < -0.3 is 14.8 Å². The van der Waals surface area contributed by atoms with Crippen LogP contribution in [-0.4, -0.2) is 6.04 Å². The highest BCUT2D eigenvalue weighted by Gasteiger charge is 2.31. The van der Waals surface area contributed by atoms with E-state index in [9.17, 15) is 0 Å². The monoisotopic (exact) mass is 349 g/mol. The molecule has 0 spiro atoms. The topological polar surface area (TPSA) is 30.5 Å². The summed E-state index contributed by atoms with van der Waals surface area (Å²) in [5.74, 6) is 1.60. The van der Waals surface area contributed by atoms with E-state index in [0.717, 1.165) is 22.8 Å². The summed E-state index contributed by atoms with van der Waals surface area (Å²) in [5.41, 5.74) is 4.58. The average molecular weight is 349 g/mol. The Kier molecular flexibility index (Phi) is 4.87. The van der Waals surface area contributed by atoms with Gasteiger partial charge >= 0.3 is 0 Å². The lowest BCUT2D eigenvalue weighted by Crippen LogP contribution is -2.31. The lowest BCUT2D eigenvalue weighted by molar-refractivity contribution is -0.0333. The SMILES string of the molecule is Cc1ccc(C2=C(NC3CCCCC3)OC(c3ccc(C)cc3)O2)cc1. The molecule has 1 N–H and O–H groups in total. The molecule has 1 saturated carbocycles. The molecule has 26 heavy (non-hydrogen) atoms. The zero-order valence-electron chi connectivity index (χ0n) is 15.6. The molecular formula is C23H27NO2. The molecule has 2 aliphatic rings. The van der Waals surface area contributed by atoms with Gasteiger partial charge in [-0.15, -0.1) is 0 Å². The lowest BCUT2D eigenvalue weighted by Gasteiger charge is -2.24. The summed E-state index contributed by atoms with van der Waals surface area (Å²) in [5, 5.41) is 3.62. The maximum absolute atomic E-state index is 6.26. The van der Waals surface area contributed by atoms with Gasteiger partial charge in [0.2, 0.25) is 5.88 Å². The van der Waals surface area contributed by atoms with Gasteiger partial charge in [-0.2, -0.15) is 0 Å². The molecule has 136 valence electrons. The molecule has 1 heterocycles. The summed E-state index contributed by atoms with van der Waals surface area (Å²) in [7, 11) is 0. The lowest BCUT2D eigenvalue weighted by atomic mass is 9.95. The predicted octanol–water partition coefficient (Wildman–Crippen LogP) is 5.60. The fraction of sp³-hybridized carbons (Fsp3) is 0.391. The van der Waals surface area contributed by atoms with Gasteiger partial charge in [0.15, 0.2) is 5.76 Å². The van der Waals surface area contributed by atoms with Gasteiger partial charge in [-0.1, -0.05) is 78.9 Å². The van der Waals surface area contributed by atoms with Gasteiger partial charge in [-0.25, -0.2) is 0 Å². The zero-order valence-corrected chi connectivity index (χ0v) is 15.6. The van der Waals surface area contributed by atoms with E-state index in [-0.39, 0.29) is 0 Å². The molecule has 0 saturated heterocycles. The third-order valence-electron chi connectivity index (χ3n) is 5.26. The van der Waals surface area contributed by atoms with Crippen LogP contribution in [0.15, 0.2) is 54.4 Å². The molecule has 1 aliphatic heterocycles. The van der Waals surface area contributed by atoms with Crippen LogP contribution in [0.3, 0.4) is 0 Å². The molecule has 0 radical (unpaired) electrons. The van der Waals surface area contributed by atoms with Crippen LogP contribution in [-0.2, 0) is 9.47 Å². The summed E-state index contributed by atoms with van der Waals surface area (Å²) >= 11 is 0. The first kappa shape index (κ1) is 17.0. The molecule has 1 unspecified atom stereocenters. The Hall–Kier alpha value is -2.42. The number of ether oxygens (including phenoxy) is 2. The van der Waals surface area contributed by atoms with E-state index in [1.807, 2.05) is 0 Å². The standard InChI is InChI=1S/C23H27NO2/c1-16-8-12-18(13-9-16)21-22(24-20-6-4-3-5-7-20)26-23(25-21)19-14-10-17(2)11-15-19/h8-15,20,23-24H,3-7H2,1-2H3. The van der Waals surface area contributed by atoms with Crippen molar-refractivity contribution < 1.29 is 9.47 Å². The number of hydrogen-bond donors (Lipinski definition) is 1. The quantitative estimate of drug-likeness (QED) is 0.779. The molecule has 0 bridgehead atoms. The van der Waals surface area contributed by atoms with Crippen molar-refractivity contribution in [1.82, 2.24) is 5.32 Å². The van der Waals surface area contributed by atoms with E-state index in [1.54, 1.807) is 0 Å². The average Bonchev–Trinajstić information content (AvgIpc) is 3.07. The molecule has 2 aromatic carbocycles. The van der Waals surface area contributed by atoms with Crippen molar-refractivity contribution in [2.75, 3.05) is 0 Å². The second-order valence-corrected chi connectivity index (χ2v) is 7.48. The van der Waals surface area contributed by atoms with Crippen LogP contribution in [0, 0.1) is 13.8 Å². The predicted molar refractivity (Wildman–Crippen MR) is 104 cm³/mol. The third kappa shape index (κ3) is 3.72. The van der Waals surface area contributed by atoms with Crippen LogP contribution in [0.25, 0.3) is 5.76 Å². The first-order valence-corrected chi connectivity index (χ1v) is 9.67. The van der Waals surface area contributed by atoms with Crippen molar-refractivity contribution in [3.05, 3.63) is 76.7 Å². The number of hydrogen-bond acceptors (Lipinski definition) is 3. The Balaban J connectivity index is 1.60. The van der Waals surface area contributed by atoms with Crippen LogP contribution < -0.4 is 5.32 Å². The van der Waals surface area contributed by atoms with Crippen molar-refractivity contribution >= 4 is 5.76 Å². The number of rotatable bonds is 4. The van der Waals surface area contributed by atoms with Gasteiger partial charge in [0.1, 0.15) is 0 Å². The van der Waals surface area contributed by atoms with Gasteiger partial charge in [0.05, 0.1) is 0 Å². The minimum absolute atomic E-state index is 0.391. The third-order valence-corrected chi connectivity index (χ3v) is 5.26. The van der Waals surface area contributed by atoms with E-state index >= 15 is 0 Å². The molecule has 4 rings (SSSR count). The minimum Gasteiger partial charge on any atom is -0.444 e. The summed E-state index contributed by atoms with van der Waals surface area (Å²) < 4.78 is 12.5. The maximum atomic E-state index is 6.26. The smallest absolute Gasteiger partial charge is 0.269 e. The number of nitrogens with one attached hydrogen (secondary N) is 1. The van der Waals surface area contributed by atoms with Crippen molar-refractivity contribution in [1.29, 1.82) is 0 Å². The molecule has 1 atom stereocenters. The molecule has 1 aliphatic carbocycles. The zero-order chi connectivity index (χ0) is 17.9. The van der Waals surface area contributed by atoms with Crippen molar-refractivity contribution in [2.24, 2.45) is 0 Å². The Morgan fingerprint density at radius 3 is 2.04 bits per heavy atom. The fourth-order valence-corrected chi connectivity index (χ4v) is 3.64. The highest BCUT2D eigenvalue weighted by molar-refractivity contribution is 5.63. The molecule has 2 aromatic rings. The van der Waals surface area contributed by atoms with Crippen LogP contribution >= 0.6 is 0 Å². The Morgan fingerprint density at radius 1 is 0.769 bits per heavy atom. The van der Waals surface area contributed by atoms with E-state index in [0.29, 0.717) is 6.04 Å². The summed E-state index contributed by atoms with van der Waals surface area (Å²) in [6, 6.07) is 17.3. The van der Waals surface area contributed by atoms with Crippen LogP contribution in [0.5, 0.6) is 0 Å². The van der Waals surface area contributed by atoms with Gasteiger partial charge in [0, 0.05) is 17.2 Å². The van der Waals surface area contributed by atoms with E-state index in [2.05, 4.69) is 67.7 Å². The number of aryl methyl sites for hydroxylation is 2. The van der Waals surface area contributed by atoms with Crippen molar-refractivity contribution in [3.8, 4) is 0 Å². The van der Waals surface area contributed by atoms with Gasteiger partial charge in [-0.3, -0.25) is 0 Å². The van der Waals surface area contributed by atoms with Gasteiger partial charge in [-0.05, 0) is 26.7 Å². The molecule has 1 fully saturated rings. The molecule has 3 heteroatoms. The second kappa shape index (κ2) is 7.45. The normalized spacial score (nSPS) is 20.6. The van der Waals surface area contributed by atoms with E-state index < -0.39 is 6.29 Å². The Labute approximate surface area is 156 Å². The summed E-state index contributed by atoms with van der Waals surface area (Å²) in [4.78, 5) is 0. The molecular weight excluding hydrogens is 322 g/mol. The van der Waals surface area contributed by atoms with Crippen LogP contribution in [0.1, 0.15) is 60.6 Å². The van der Waals surface area contributed by atoms with Crippen molar-refractivity contribution in [2.45, 2.75) is 58.3 Å². The van der Waals surface area contributed by atoms with E-state index in [4.69, 9.17) is 9.47 Å². The van der Waals surface area contributed by atoms with Crippen molar-refractivity contribution in [3.63, 3.8) is 0 Å². The van der Waals surface area contributed by atoms with E-state index in [1.165, 1.54) is 43.2 Å². The second-order valence-electron chi connectivity index (χ2n) is 7.48. The molecule has 0 aromatic heterocycles. The maximum Gasteiger partial charge on any atom is 0.269 e.